The van der Waals surface area contributed by atoms with Gasteiger partial charge in [0.2, 0.25) is 5.13 Å². The predicted molar refractivity (Wildman–Crippen MR) is 79.2 cm³/mol. The van der Waals surface area contributed by atoms with Gasteiger partial charge in [-0.1, -0.05) is 30.4 Å². The fourth-order valence-electron chi connectivity index (χ4n) is 1.60. The summed E-state index contributed by atoms with van der Waals surface area (Å²) in [7, 11) is 0. The summed E-state index contributed by atoms with van der Waals surface area (Å²) in [5.41, 5.74) is 1.09. The summed E-state index contributed by atoms with van der Waals surface area (Å²) >= 11 is 1.38. The van der Waals surface area contributed by atoms with E-state index in [4.69, 9.17) is 4.74 Å². The number of amides is 1. The summed E-state index contributed by atoms with van der Waals surface area (Å²) in [5.74, 6) is 0.449. The van der Waals surface area contributed by atoms with Crippen molar-refractivity contribution in [3.8, 4) is 5.75 Å². The summed E-state index contributed by atoms with van der Waals surface area (Å²) in [6, 6.07) is 7.60. The minimum Gasteiger partial charge on any atom is -0.481 e. The van der Waals surface area contributed by atoms with Gasteiger partial charge in [0.05, 0.1) is 0 Å². The molecule has 1 N–H and O–H groups in total. The lowest BCUT2D eigenvalue weighted by molar-refractivity contribution is -0.122. The smallest absolute Gasteiger partial charge is 0.266 e. The van der Waals surface area contributed by atoms with Crippen LogP contribution in [0.3, 0.4) is 0 Å². The molecule has 0 aliphatic heterocycles. The monoisotopic (exact) mass is 291 g/mol. The van der Waals surface area contributed by atoms with Crippen molar-refractivity contribution in [1.82, 2.24) is 10.2 Å². The maximum atomic E-state index is 12.0. The van der Waals surface area contributed by atoms with Gasteiger partial charge < -0.3 is 4.74 Å². The number of anilines is 1. The second kappa shape index (κ2) is 6.47. The van der Waals surface area contributed by atoms with Gasteiger partial charge >= 0.3 is 0 Å². The lowest BCUT2D eigenvalue weighted by Gasteiger charge is -2.13. The second-order valence-corrected chi connectivity index (χ2v) is 5.48. The average Bonchev–Trinajstić information content (AvgIpc) is 2.86. The number of rotatable bonds is 5. The molecular weight excluding hydrogens is 274 g/mol. The van der Waals surface area contributed by atoms with Crippen molar-refractivity contribution in [2.24, 2.45) is 0 Å². The van der Waals surface area contributed by atoms with Crippen LogP contribution in [0.5, 0.6) is 5.75 Å². The maximum absolute atomic E-state index is 12.0. The highest BCUT2D eigenvalue weighted by atomic mass is 32.1. The van der Waals surface area contributed by atoms with Gasteiger partial charge in [-0.05, 0) is 38.0 Å². The summed E-state index contributed by atoms with van der Waals surface area (Å²) in [6.45, 7) is 5.68. The van der Waals surface area contributed by atoms with Crippen LogP contribution in [-0.4, -0.2) is 22.2 Å². The molecule has 6 heteroatoms. The molecule has 106 valence electrons. The fourth-order valence-corrected chi connectivity index (χ4v) is 2.28. The number of hydrogen-bond acceptors (Lipinski definition) is 5. The normalized spacial score (nSPS) is 11.9. The first-order valence-corrected chi connectivity index (χ1v) is 7.26. The quantitative estimate of drug-likeness (QED) is 0.920. The predicted octanol–water partition coefficient (Wildman–Crippen LogP) is 2.81. The molecule has 0 fully saturated rings. The highest BCUT2D eigenvalue weighted by Crippen LogP contribution is 2.17. The molecule has 0 bridgehead atoms. The average molecular weight is 291 g/mol. The van der Waals surface area contributed by atoms with Gasteiger partial charge in [0.15, 0.2) is 6.10 Å². The van der Waals surface area contributed by atoms with Crippen LogP contribution < -0.4 is 10.1 Å². The molecule has 1 aromatic carbocycles. The van der Waals surface area contributed by atoms with E-state index < -0.39 is 6.10 Å². The summed E-state index contributed by atoms with van der Waals surface area (Å²) in [6.07, 6.45) is 0.217. The zero-order chi connectivity index (χ0) is 14.5. The Morgan fingerprint density at radius 3 is 2.90 bits per heavy atom. The molecular formula is C14H17N3O2S. The molecule has 1 aromatic heterocycles. The van der Waals surface area contributed by atoms with E-state index >= 15 is 0 Å². The molecule has 5 nitrogen and oxygen atoms in total. The number of nitrogens with one attached hydrogen (secondary N) is 1. The zero-order valence-corrected chi connectivity index (χ0v) is 12.5. The van der Waals surface area contributed by atoms with Gasteiger partial charge in [-0.3, -0.25) is 10.1 Å². The molecule has 0 saturated heterocycles. The van der Waals surface area contributed by atoms with Crippen LogP contribution in [0.4, 0.5) is 5.13 Å². The van der Waals surface area contributed by atoms with Crippen LogP contribution in [0.1, 0.15) is 24.4 Å². The third-order valence-electron chi connectivity index (χ3n) is 2.67. The first-order valence-electron chi connectivity index (χ1n) is 6.45. The van der Waals surface area contributed by atoms with Gasteiger partial charge in [-0.15, -0.1) is 10.2 Å². The van der Waals surface area contributed by atoms with Gasteiger partial charge in [-0.2, -0.15) is 0 Å². The highest BCUT2D eigenvalue weighted by molar-refractivity contribution is 7.15. The first kappa shape index (κ1) is 14.5. The fraction of sp³-hybridized carbons (Fsp3) is 0.357. The Labute approximate surface area is 122 Å². The molecule has 0 radical (unpaired) electrons. The highest BCUT2D eigenvalue weighted by Gasteiger charge is 2.16. The van der Waals surface area contributed by atoms with E-state index in [1.807, 2.05) is 38.1 Å². The second-order valence-electron chi connectivity index (χ2n) is 4.42. The van der Waals surface area contributed by atoms with Gasteiger partial charge in [0, 0.05) is 0 Å². The van der Waals surface area contributed by atoms with Crippen LogP contribution in [0.25, 0.3) is 0 Å². The molecule has 0 saturated carbocycles. The Morgan fingerprint density at radius 2 is 2.25 bits per heavy atom. The van der Waals surface area contributed by atoms with E-state index in [9.17, 15) is 4.79 Å². The minimum absolute atomic E-state index is 0.231. The molecule has 0 spiro atoms. The molecule has 0 aliphatic rings. The molecule has 1 amide bonds. The third-order valence-corrected chi connectivity index (χ3v) is 3.65. The van der Waals surface area contributed by atoms with E-state index in [0.717, 1.165) is 17.0 Å². The Bertz CT molecular complexity index is 598. The van der Waals surface area contributed by atoms with Crippen LogP contribution in [0.2, 0.25) is 0 Å². The SMILES string of the molecule is CCc1nnc(NC(=O)[C@@H](C)Oc2cccc(C)c2)s1. The van der Waals surface area contributed by atoms with Crippen LogP contribution in [0.15, 0.2) is 24.3 Å². The van der Waals surface area contributed by atoms with Crippen molar-refractivity contribution in [2.75, 3.05) is 5.32 Å². The van der Waals surface area contributed by atoms with Crippen LogP contribution >= 0.6 is 11.3 Å². The van der Waals surface area contributed by atoms with Gasteiger partial charge in [-0.25, -0.2) is 0 Å². The number of nitrogens with zero attached hydrogens (tertiary/aromatic N) is 2. The van der Waals surface area contributed by atoms with Crippen LogP contribution in [-0.2, 0) is 11.2 Å². The van der Waals surface area contributed by atoms with E-state index in [1.54, 1.807) is 6.92 Å². The van der Waals surface area contributed by atoms with Crippen molar-refractivity contribution >= 4 is 22.4 Å². The topological polar surface area (TPSA) is 64.1 Å². The van der Waals surface area contributed by atoms with Gasteiger partial charge in [0.1, 0.15) is 10.8 Å². The number of aryl methyl sites for hydroxylation is 2. The van der Waals surface area contributed by atoms with E-state index in [1.165, 1.54) is 11.3 Å². The number of carbonyl (C=O) groups is 1. The minimum atomic E-state index is -0.592. The standard InChI is InChI=1S/C14H17N3O2S/c1-4-12-16-17-14(20-12)15-13(18)10(3)19-11-7-5-6-9(2)8-11/h5-8,10H,4H2,1-3H3,(H,15,17,18)/t10-/m1/s1. The van der Waals surface area contributed by atoms with Crippen molar-refractivity contribution < 1.29 is 9.53 Å². The van der Waals surface area contributed by atoms with Crippen LogP contribution in [0, 0.1) is 6.92 Å². The van der Waals surface area contributed by atoms with Crippen molar-refractivity contribution in [2.45, 2.75) is 33.3 Å². The lowest BCUT2D eigenvalue weighted by atomic mass is 10.2. The molecule has 1 heterocycles. The summed E-state index contributed by atoms with van der Waals surface area (Å²) in [5, 5.41) is 12.0. The number of hydrogen-bond donors (Lipinski definition) is 1. The maximum Gasteiger partial charge on any atom is 0.266 e. The van der Waals surface area contributed by atoms with E-state index in [2.05, 4.69) is 15.5 Å². The lowest BCUT2D eigenvalue weighted by Crippen LogP contribution is -2.30. The largest absolute Gasteiger partial charge is 0.481 e. The van der Waals surface area contributed by atoms with Gasteiger partial charge in [0.25, 0.3) is 5.91 Å². The number of ether oxygens (including phenoxy) is 1. The summed E-state index contributed by atoms with van der Waals surface area (Å²) < 4.78 is 5.61. The van der Waals surface area contributed by atoms with Crippen molar-refractivity contribution in [3.05, 3.63) is 34.8 Å². The van der Waals surface area contributed by atoms with E-state index in [-0.39, 0.29) is 5.91 Å². The van der Waals surface area contributed by atoms with Crippen molar-refractivity contribution in [1.29, 1.82) is 0 Å². The number of aromatic nitrogens is 2. The molecule has 0 unspecified atom stereocenters. The molecule has 2 aromatic rings. The molecule has 0 aliphatic carbocycles. The summed E-state index contributed by atoms with van der Waals surface area (Å²) in [4.78, 5) is 12.0. The van der Waals surface area contributed by atoms with E-state index in [0.29, 0.717) is 10.9 Å². The third kappa shape index (κ3) is 3.77. The first-order chi connectivity index (χ1) is 9.58. The Balaban J connectivity index is 1.95. The molecule has 20 heavy (non-hydrogen) atoms. The Kier molecular flexibility index (Phi) is 4.68. The number of carbonyl (C=O) groups excluding carboxylic acids is 1. The zero-order valence-electron chi connectivity index (χ0n) is 11.7. The number of benzene rings is 1. The molecule has 2 rings (SSSR count). The Hall–Kier alpha value is -1.95. The molecule has 1 atom stereocenters. The Morgan fingerprint density at radius 1 is 1.45 bits per heavy atom. The van der Waals surface area contributed by atoms with Crippen molar-refractivity contribution in [3.63, 3.8) is 0 Å².